The molecule has 4 nitrogen and oxygen atoms in total. The molecule has 0 radical (unpaired) electrons. The van der Waals surface area contributed by atoms with Crippen LogP contribution in [0.2, 0.25) is 0 Å². The van der Waals surface area contributed by atoms with Crippen molar-refractivity contribution in [2.24, 2.45) is 7.05 Å². The molecule has 1 aromatic carbocycles. The molecule has 2 aromatic rings. The molecule has 0 bridgehead atoms. The van der Waals surface area contributed by atoms with Crippen LogP contribution in [0.5, 0.6) is 5.75 Å². The third-order valence-corrected chi connectivity index (χ3v) is 3.37. The number of carbonyl (C=O) groups excluding carboxylic acids is 2. The third kappa shape index (κ3) is 1.85. The highest BCUT2D eigenvalue weighted by atomic mass is 16.5. The number of fused-ring (bicyclic) bond motifs is 1. The standard InChI is InChI=1S/C15H13NO3/c1-9-4-3-5-10(6-9)15(18)12-7-13-11(16(12)2)8-14(17)19-13/h3-7H,8H2,1-2H3. The summed E-state index contributed by atoms with van der Waals surface area (Å²) in [5.41, 5.74) is 2.99. The van der Waals surface area contributed by atoms with Gasteiger partial charge in [0.1, 0.15) is 0 Å². The monoisotopic (exact) mass is 255 g/mol. The molecular weight excluding hydrogens is 242 g/mol. The molecule has 0 fully saturated rings. The number of ketones is 1. The maximum Gasteiger partial charge on any atom is 0.317 e. The average molecular weight is 255 g/mol. The number of hydrogen-bond donors (Lipinski definition) is 0. The molecule has 3 rings (SSSR count). The van der Waals surface area contributed by atoms with Crippen LogP contribution in [0.4, 0.5) is 0 Å². The van der Waals surface area contributed by atoms with Crippen molar-refractivity contribution in [3.8, 4) is 5.75 Å². The molecule has 0 unspecified atom stereocenters. The zero-order valence-electron chi connectivity index (χ0n) is 10.8. The van der Waals surface area contributed by atoms with E-state index < -0.39 is 0 Å². The maximum absolute atomic E-state index is 12.4. The fourth-order valence-electron chi connectivity index (χ4n) is 2.36. The second-order valence-corrected chi connectivity index (χ2v) is 4.75. The largest absolute Gasteiger partial charge is 0.424 e. The third-order valence-electron chi connectivity index (χ3n) is 3.37. The first-order chi connectivity index (χ1) is 9.06. The Morgan fingerprint density at radius 3 is 2.79 bits per heavy atom. The number of rotatable bonds is 2. The van der Waals surface area contributed by atoms with Gasteiger partial charge in [-0.05, 0) is 13.0 Å². The van der Waals surface area contributed by atoms with Gasteiger partial charge in [0.15, 0.2) is 5.75 Å². The van der Waals surface area contributed by atoms with Crippen molar-refractivity contribution < 1.29 is 14.3 Å². The molecule has 96 valence electrons. The molecule has 0 N–H and O–H groups in total. The Morgan fingerprint density at radius 2 is 2.11 bits per heavy atom. The van der Waals surface area contributed by atoms with Gasteiger partial charge in [-0.1, -0.05) is 23.8 Å². The van der Waals surface area contributed by atoms with Crippen molar-refractivity contribution in [2.45, 2.75) is 13.3 Å². The molecule has 1 aromatic heterocycles. The molecule has 0 aliphatic carbocycles. The molecule has 19 heavy (non-hydrogen) atoms. The lowest BCUT2D eigenvalue weighted by Gasteiger charge is -2.05. The molecule has 1 aliphatic rings. The SMILES string of the molecule is Cc1cccc(C(=O)c2cc3c(n2C)CC(=O)O3)c1. The van der Waals surface area contributed by atoms with Crippen LogP contribution in [0.3, 0.4) is 0 Å². The van der Waals surface area contributed by atoms with Crippen LogP contribution < -0.4 is 4.74 Å². The molecular formula is C15H13NO3. The second-order valence-electron chi connectivity index (χ2n) is 4.75. The number of hydrogen-bond acceptors (Lipinski definition) is 3. The minimum atomic E-state index is -0.268. The van der Waals surface area contributed by atoms with Crippen LogP contribution in [-0.4, -0.2) is 16.3 Å². The van der Waals surface area contributed by atoms with Crippen molar-refractivity contribution in [1.29, 1.82) is 0 Å². The zero-order valence-corrected chi connectivity index (χ0v) is 10.8. The number of aryl methyl sites for hydroxylation is 1. The van der Waals surface area contributed by atoms with Crippen molar-refractivity contribution in [1.82, 2.24) is 4.57 Å². The van der Waals surface area contributed by atoms with E-state index in [1.54, 1.807) is 23.7 Å². The molecule has 0 atom stereocenters. The Balaban J connectivity index is 2.02. The lowest BCUT2D eigenvalue weighted by molar-refractivity contribution is -0.131. The van der Waals surface area contributed by atoms with Crippen molar-refractivity contribution in [3.05, 3.63) is 52.8 Å². The van der Waals surface area contributed by atoms with E-state index >= 15 is 0 Å². The van der Waals surface area contributed by atoms with Crippen LogP contribution in [0, 0.1) is 6.92 Å². The molecule has 0 spiro atoms. The van der Waals surface area contributed by atoms with E-state index in [0.717, 1.165) is 11.3 Å². The predicted octanol–water partition coefficient (Wildman–Crippen LogP) is 2.03. The van der Waals surface area contributed by atoms with E-state index in [0.29, 0.717) is 17.0 Å². The number of ether oxygens (including phenoxy) is 1. The van der Waals surface area contributed by atoms with E-state index in [1.165, 1.54) is 0 Å². The second kappa shape index (κ2) is 4.09. The first-order valence-electron chi connectivity index (χ1n) is 6.07. The number of nitrogens with zero attached hydrogens (tertiary/aromatic N) is 1. The summed E-state index contributed by atoms with van der Waals surface area (Å²) >= 11 is 0. The number of aromatic nitrogens is 1. The van der Waals surface area contributed by atoms with Gasteiger partial charge in [-0.25, -0.2) is 0 Å². The zero-order chi connectivity index (χ0) is 13.6. The van der Waals surface area contributed by atoms with Gasteiger partial charge in [0.25, 0.3) is 0 Å². The summed E-state index contributed by atoms with van der Waals surface area (Å²) in [5.74, 6) is 0.176. The number of carbonyl (C=O) groups is 2. The summed E-state index contributed by atoms with van der Waals surface area (Å²) in [4.78, 5) is 23.6. The van der Waals surface area contributed by atoms with Gasteiger partial charge in [-0.2, -0.15) is 0 Å². The van der Waals surface area contributed by atoms with Crippen molar-refractivity contribution >= 4 is 11.8 Å². The highest BCUT2D eigenvalue weighted by Gasteiger charge is 2.28. The Kier molecular flexibility index (Phi) is 2.52. The van der Waals surface area contributed by atoms with E-state index in [2.05, 4.69) is 0 Å². The average Bonchev–Trinajstić information content (AvgIpc) is 2.87. The maximum atomic E-state index is 12.4. The summed E-state index contributed by atoms with van der Waals surface area (Å²) in [6.45, 7) is 1.95. The van der Waals surface area contributed by atoms with E-state index in [-0.39, 0.29) is 18.2 Å². The van der Waals surface area contributed by atoms with Crippen LogP contribution in [0.25, 0.3) is 0 Å². The molecule has 2 heterocycles. The summed E-state index contributed by atoms with van der Waals surface area (Å²) < 4.78 is 6.81. The summed E-state index contributed by atoms with van der Waals surface area (Å²) in [6, 6.07) is 9.10. The summed E-state index contributed by atoms with van der Waals surface area (Å²) in [7, 11) is 1.78. The molecule has 0 saturated carbocycles. The summed E-state index contributed by atoms with van der Waals surface area (Å²) in [6.07, 6.45) is 0.229. The first-order valence-corrected chi connectivity index (χ1v) is 6.07. The van der Waals surface area contributed by atoms with Crippen LogP contribution in [-0.2, 0) is 18.3 Å². The predicted molar refractivity (Wildman–Crippen MR) is 69.4 cm³/mol. The first kappa shape index (κ1) is 11.7. The van der Waals surface area contributed by atoms with E-state index in [1.807, 2.05) is 25.1 Å². The van der Waals surface area contributed by atoms with Gasteiger partial charge >= 0.3 is 5.97 Å². The normalized spacial score (nSPS) is 13.3. The van der Waals surface area contributed by atoms with Crippen molar-refractivity contribution in [3.63, 3.8) is 0 Å². The quantitative estimate of drug-likeness (QED) is 0.609. The molecule has 0 amide bonds. The topological polar surface area (TPSA) is 48.3 Å². The van der Waals surface area contributed by atoms with E-state index in [4.69, 9.17) is 4.74 Å². The van der Waals surface area contributed by atoms with Gasteiger partial charge in [0.05, 0.1) is 17.8 Å². The Labute approximate surface area is 110 Å². The van der Waals surface area contributed by atoms with E-state index in [9.17, 15) is 9.59 Å². The Bertz CT molecular complexity index is 697. The lowest BCUT2D eigenvalue weighted by atomic mass is 10.1. The minimum absolute atomic E-state index is 0.0587. The van der Waals surface area contributed by atoms with Gasteiger partial charge in [-0.3, -0.25) is 9.59 Å². The Morgan fingerprint density at radius 1 is 1.32 bits per heavy atom. The van der Waals surface area contributed by atoms with Gasteiger partial charge in [0.2, 0.25) is 5.78 Å². The lowest BCUT2D eigenvalue weighted by Crippen LogP contribution is -2.11. The smallest absolute Gasteiger partial charge is 0.317 e. The van der Waals surface area contributed by atoms with Gasteiger partial charge < -0.3 is 9.30 Å². The highest BCUT2D eigenvalue weighted by molar-refractivity contribution is 6.08. The summed E-state index contributed by atoms with van der Waals surface area (Å²) in [5, 5.41) is 0. The fraction of sp³-hybridized carbons (Fsp3) is 0.200. The van der Waals surface area contributed by atoms with Crippen LogP contribution >= 0.6 is 0 Å². The van der Waals surface area contributed by atoms with Gasteiger partial charge in [-0.15, -0.1) is 0 Å². The molecule has 0 saturated heterocycles. The van der Waals surface area contributed by atoms with Crippen LogP contribution in [0.1, 0.15) is 27.3 Å². The molecule has 4 heteroatoms. The number of esters is 1. The van der Waals surface area contributed by atoms with Crippen molar-refractivity contribution in [2.75, 3.05) is 0 Å². The number of benzene rings is 1. The fourth-order valence-corrected chi connectivity index (χ4v) is 2.36. The minimum Gasteiger partial charge on any atom is -0.424 e. The Hall–Kier alpha value is -2.36. The van der Waals surface area contributed by atoms with Crippen LogP contribution in [0.15, 0.2) is 30.3 Å². The highest BCUT2D eigenvalue weighted by Crippen LogP contribution is 2.30. The molecule has 1 aliphatic heterocycles. The van der Waals surface area contributed by atoms with Gasteiger partial charge in [0, 0.05) is 18.7 Å².